The van der Waals surface area contributed by atoms with Crippen LogP contribution in [0.25, 0.3) is 0 Å². The van der Waals surface area contributed by atoms with Crippen molar-refractivity contribution in [2.24, 2.45) is 5.41 Å². The number of nitrogens with one attached hydrogen (secondary N) is 2. The molecule has 8 heteroatoms. The molecule has 0 saturated carbocycles. The standard InChI is InChI=1S/C23H23ClFN3O2S/c1-23(2,3)21-14(11-26)20(27-22(31)28-21)13-8-9-18(19(10-13)29-4)30-12-15-16(24)6-5-7-17(15)25/h5-10,20H,12H2,1-4H3,(H2,27,28,31)/t20-/m1/s1. The summed E-state index contributed by atoms with van der Waals surface area (Å²) in [7, 11) is 1.52. The SMILES string of the molecule is COc1cc([C@H]2NC(=S)NC(C(C)(C)C)=C2C#N)ccc1OCc1c(F)cccc1Cl. The number of ether oxygens (including phenoxy) is 2. The normalized spacial score (nSPS) is 16.3. The van der Waals surface area contributed by atoms with E-state index in [1.165, 1.54) is 13.2 Å². The molecule has 0 fully saturated rings. The maximum absolute atomic E-state index is 14.0. The number of rotatable bonds is 5. The Morgan fingerprint density at radius 2 is 1.97 bits per heavy atom. The van der Waals surface area contributed by atoms with Gasteiger partial charge in [-0.25, -0.2) is 4.39 Å². The quantitative estimate of drug-likeness (QED) is 0.583. The van der Waals surface area contributed by atoms with Crippen molar-refractivity contribution in [2.45, 2.75) is 33.4 Å². The van der Waals surface area contributed by atoms with E-state index in [4.69, 9.17) is 33.3 Å². The highest BCUT2D eigenvalue weighted by molar-refractivity contribution is 7.80. The van der Waals surface area contributed by atoms with Gasteiger partial charge in [0.1, 0.15) is 12.4 Å². The molecule has 2 aromatic rings. The zero-order valence-electron chi connectivity index (χ0n) is 17.7. The van der Waals surface area contributed by atoms with Gasteiger partial charge in [-0.2, -0.15) is 5.26 Å². The van der Waals surface area contributed by atoms with Gasteiger partial charge in [0.05, 0.1) is 29.8 Å². The Bertz CT molecular complexity index is 1070. The highest BCUT2D eigenvalue weighted by Crippen LogP contribution is 2.38. The summed E-state index contributed by atoms with van der Waals surface area (Å²) in [6.45, 7) is 6.00. The lowest BCUT2D eigenvalue weighted by atomic mass is 9.84. The molecule has 0 aliphatic carbocycles. The van der Waals surface area contributed by atoms with Crippen LogP contribution in [0, 0.1) is 22.6 Å². The third kappa shape index (κ3) is 4.92. The molecule has 2 aromatic carbocycles. The summed E-state index contributed by atoms with van der Waals surface area (Å²) in [6.07, 6.45) is 0. The summed E-state index contributed by atoms with van der Waals surface area (Å²) in [5.74, 6) is 0.445. The zero-order valence-corrected chi connectivity index (χ0v) is 19.2. The van der Waals surface area contributed by atoms with Crippen LogP contribution in [-0.2, 0) is 6.61 Å². The van der Waals surface area contributed by atoms with Crippen molar-refractivity contribution >= 4 is 28.9 Å². The van der Waals surface area contributed by atoms with E-state index < -0.39 is 11.9 Å². The third-order valence-corrected chi connectivity index (χ3v) is 5.47. The van der Waals surface area contributed by atoms with Gasteiger partial charge in [-0.05, 0) is 42.0 Å². The van der Waals surface area contributed by atoms with E-state index in [-0.39, 0.29) is 17.6 Å². The van der Waals surface area contributed by atoms with Crippen LogP contribution in [0.2, 0.25) is 5.02 Å². The van der Waals surface area contributed by atoms with E-state index in [0.29, 0.717) is 27.2 Å². The minimum Gasteiger partial charge on any atom is -0.493 e. The summed E-state index contributed by atoms with van der Waals surface area (Å²) < 4.78 is 25.3. The number of nitriles is 1. The Morgan fingerprint density at radius 1 is 1.23 bits per heavy atom. The van der Waals surface area contributed by atoms with Gasteiger partial charge in [0.2, 0.25) is 0 Å². The molecule has 162 valence electrons. The van der Waals surface area contributed by atoms with Crippen LogP contribution < -0.4 is 20.1 Å². The Hall–Kier alpha value is -2.82. The number of nitrogens with zero attached hydrogens (tertiary/aromatic N) is 1. The van der Waals surface area contributed by atoms with Crippen molar-refractivity contribution < 1.29 is 13.9 Å². The Kier molecular flexibility index (Phi) is 6.73. The number of halogens is 2. The van der Waals surface area contributed by atoms with Crippen LogP contribution in [0.15, 0.2) is 47.7 Å². The average Bonchev–Trinajstić information content (AvgIpc) is 2.72. The van der Waals surface area contributed by atoms with E-state index in [9.17, 15) is 9.65 Å². The average molecular weight is 460 g/mol. The van der Waals surface area contributed by atoms with Gasteiger partial charge in [-0.3, -0.25) is 0 Å². The first-order valence-corrected chi connectivity index (χ1v) is 10.4. The summed E-state index contributed by atoms with van der Waals surface area (Å²) in [6, 6.07) is 11.7. The lowest BCUT2D eigenvalue weighted by Crippen LogP contribution is -2.46. The molecule has 1 atom stereocenters. The molecule has 1 aliphatic rings. The number of hydrogen-bond acceptors (Lipinski definition) is 4. The lowest BCUT2D eigenvalue weighted by Gasteiger charge is -2.35. The fourth-order valence-corrected chi connectivity index (χ4v) is 3.77. The minimum atomic E-state index is -0.436. The molecule has 31 heavy (non-hydrogen) atoms. The predicted molar refractivity (Wildman–Crippen MR) is 122 cm³/mol. The summed E-state index contributed by atoms with van der Waals surface area (Å²) in [5, 5.41) is 16.9. The maximum Gasteiger partial charge on any atom is 0.171 e. The summed E-state index contributed by atoms with van der Waals surface area (Å²) >= 11 is 11.4. The molecule has 1 aliphatic heterocycles. The molecule has 5 nitrogen and oxygen atoms in total. The van der Waals surface area contributed by atoms with Crippen LogP contribution in [0.3, 0.4) is 0 Å². The molecule has 0 unspecified atom stereocenters. The second-order valence-corrected chi connectivity index (χ2v) is 8.90. The van der Waals surface area contributed by atoms with Crippen molar-refractivity contribution in [3.63, 3.8) is 0 Å². The fourth-order valence-electron chi connectivity index (χ4n) is 3.33. The van der Waals surface area contributed by atoms with Crippen molar-refractivity contribution in [1.29, 1.82) is 5.26 Å². The van der Waals surface area contributed by atoms with E-state index in [0.717, 1.165) is 11.3 Å². The summed E-state index contributed by atoms with van der Waals surface area (Å²) in [5.41, 5.74) is 2.09. The van der Waals surface area contributed by atoms with E-state index in [1.807, 2.05) is 26.8 Å². The number of hydrogen-bond donors (Lipinski definition) is 2. The van der Waals surface area contributed by atoms with Gasteiger partial charge in [0, 0.05) is 16.7 Å². The second kappa shape index (κ2) is 9.13. The molecule has 0 radical (unpaired) electrons. The second-order valence-electron chi connectivity index (χ2n) is 8.08. The minimum absolute atomic E-state index is 0.0472. The van der Waals surface area contributed by atoms with Gasteiger partial charge in [-0.15, -0.1) is 0 Å². The van der Waals surface area contributed by atoms with Gasteiger partial charge in [0.25, 0.3) is 0 Å². The zero-order chi connectivity index (χ0) is 22.8. The Morgan fingerprint density at radius 3 is 2.58 bits per heavy atom. The number of benzene rings is 2. The van der Waals surface area contributed by atoms with Crippen LogP contribution >= 0.6 is 23.8 Å². The van der Waals surface area contributed by atoms with Gasteiger partial charge in [-0.1, -0.05) is 44.5 Å². The van der Waals surface area contributed by atoms with Crippen molar-refractivity contribution in [2.75, 3.05) is 7.11 Å². The topological polar surface area (TPSA) is 66.3 Å². The lowest BCUT2D eigenvalue weighted by molar-refractivity contribution is 0.279. The fraction of sp³-hybridized carbons (Fsp3) is 0.304. The third-order valence-electron chi connectivity index (χ3n) is 4.90. The van der Waals surface area contributed by atoms with Crippen molar-refractivity contribution in [3.05, 3.63) is 69.6 Å². The number of methoxy groups -OCH3 is 1. The van der Waals surface area contributed by atoms with Gasteiger partial charge < -0.3 is 20.1 Å². The molecule has 3 rings (SSSR count). The molecule has 0 aromatic heterocycles. The van der Waals surface area contributed by atoms with Gasteiger partial charge in [0.15, 0.2) is 16.6 Å². The first-order chi connectivity index (χ1) is 14.7. The first kappa shape index (κ1) is 22.9. The summed E-state index contributed by atoms with van der Waals surface area (Å²) in [4.78, 5) is 0. The highest BCUT2D eigenvalue weighted by Gasteiger charge is 2.32. The monoisotopic (exact) mass is 459 g/mol. The first-order valence-electron chi connectivity index (χ1n) is 9.61. The van der Waals surface area contributed by atoms with Crippen molar-refractivity contribution in [3.8, 4) is 17.6 Å². The molecule has 1 heterocycles. The molecule has 0 bridgehead atoms. The van der Waals surface area contributed by atoms with E-state index in [1.54, 1.807) is 24.3 Å². The van der Waals surface area contributed by atoms with E-state index in [2.05, 4.69) is 16.7 Å². The largest absolute Gasteiger partial charge is 0.493 e. The molecular weight excluding hydrogens is 437 g/mol. The Balaban J connectivity index is 1.94. The van der Waals surface area contributed by atoms with Crippen LogP contribution in [0.4, 0.5) is 4.39 Å². The molecule has 2 N–H and O–H groups in total. The van der Waals surface area contributed by atoms with Crippen LogP contribution in [0.1, 0.15) is 37.9 Å². The predicted octanol–water partition coefficient (Wildman–Crippen LogP) is 5.41. The number of thiocarbonyl (C=S) groups is 1. The Labute approximate surface area is 191 Å². The van der Waals surface area contributed by atoms with Crippen molar-refractivity contribution in [1.82, 2.24) is 10.6 Å². The van der Waals surface area contributed by atoms with Gasteiger partial charge >= 0.3 is 0 Å². The molecule has 0 saturated heterocycles. The van der Waals surface area contributed by atoms with Crippen LogP contribution in [-0.4, -0.2) is 12.2 Å². The van der Waals surface area contributed by atoms with E-state index >= 15 is 0 Å². The van der Waals surface area contributed by atoms with Crippen LogP contribution in [0.5, 0.6) is 11.5 Å². The maximum atomic E-state index is 14.0. The smallest absolute Gasteiger partial charge is 0.171 e. The number of allylic oxidation sites excluding steroid dienone is 1. The molecule has 0 spiro atoms. The molecular formula is C23H23ClFN3O2S. The highest BCUT2D eigenvalue weighted by atomic mass is 35.5. The molecule has 0 amide bonds.